The highest BCUT2D eigenvalue weighted by molar-refractivity contribution is 7.89. The van der Waals surface area contributed by atoms with Gasteiger partial charge in [0.15, 0.2) is 0 Å². The van der Waals surface area contributed by atoms with Crippen molar-refractivity contribution in [1.29, 1.82) is 0 Å². The first-order valence-electron chi connectivity index (χ1n) is 5.52. The van der Waals surface area contributed by atoms with E-state index in [-0.39, 0.29) is 11.7 Å². The highest BCUT2D eigenvalue weighted by atomic mass is 35.5. The normalized spacial score (nSPS) is 13.6. The van der Waals surface area contributed by atoms with Crippen molar-refractivity contribution in [2.45, 2.75) is 20.4 Å². The monoisotopic (exact) mass is 275 g/mol. The van der Waals surface area contributed by atoms with Gasteiger partial charge >= 0.3 is 0 Å². The Kier molecular flexibility index (Phi) is 5.43. The second-order valence-electron chi connectivity index (χ2n) is 4.35. The summed E-state index contributed by atoms with van der Waals surface area (Å²) in [5.74, 6) is 0.389. The zero-order valence-electron chi connectivity index (χ0n) is 10.1. The van der Waals surface area contributed by atoms with E-state index in [2.05, 4.69) is 4.72 Å². The lowest BCUT2D eigenvalue weighted by molar-refractivity contribution is 0.568. The minimum Gasteiger partial charge on any atom is -0.212 e. The molecule has 0 aliphatic heterocycles. The summed E-state index contributed by atoms with van der Waals surface area (Å²) < 4.78 is 26.0. The molecule has 0 radical (unpaired) electrons. The molecule has 5 heteroatoms. The molecule has 1 rings (SSSR count). The van der Waals surface area contributed by atoms with Crippen LogP contribution in [0.4, 0.5) is 0 Å². The van der Waals surface area contributed by atoms with E-state index in [1.807, 2.05) is 38.1 Å². The summed E-state index contributed by atoms with van der Waals surface area (Å²) in [6.07, 6.45) is 0. The van der Waals surface area contributed by atoms with E-state index in [1.165, 1.54) is 0 Å². The third-order valence-electron chi connectivity index (χ3n) is 2.35. The molecule has 3 nitrogen and oxygen atoms in total. The maximum atomic E-state index is 11.7. The molecule has 0 aliphatic rings. The minimum atomic E-state index is -3.24. The molecule has 0 amide bonds. The maximum Gasteiger partial charge on any atom is 0.212 e. The van der Waals surface area contributed by atoms with Gasteiger partial charge in [-0.1, -0.05) is 36.8 Å². The zero-order valence-corrected chi connectivity index (χ0v) is 11.7. The van der Waals surface area contributed by atoms with Crippen LogP contribution in [0.5, 0.6) is 0 Å². The molecule has 1 N–H and O–H groups in total. The Balaban J connectivity index is 2.55. The first-order valence-corrected chi connectivity index (χ1v) is 7.70. The molecule has 0 spiro atoms. The second-order valence-corrected chi connectivity index (χ2v) is 6.51. The summed E-state index contributed by atoms with van der Waals surface area (Å²) in [5.41, 5.74) is 2.09. The summed E-state index contributed by atoms with van der Waals surface area (Å²) in [4.78, 5) is 0. The van der Waals surface area contributed by atoms with Crippen LogP contribution < -0.4 is 4.72 Å². The minimum absolute atomic E-state index is 0.0355. The SMILES string of the molecule is Cc1cccc(CNS(=O)(=O)CC(C)CCl)c1. The van der Waals surface area contributed by atoms with Crippen molar-refractivity contribution >= 4 is 21.6 Å². The van der Waals surface area contributed by atoms with Crippen LogP contribution >= 0.6 is 11.6 Å². The van der Waals surface area contributed by atoms with Gasteiger partial charge in [0.1, 0.15) is 0 Å². The van der Waals surface area contributed by atoms with Crippen LogP contribution in [0.3, 0.4) is 0 Å². The lowest BCUT2D eigenvalue weighted by atomic mass is 10.1. The van der Waals surface area contributed by atoms with Crippen molar-refractivity contribution < 1.29 is 8.42 Å². The number of hydrogen-bond acceptors (Lipinski definition) is 2. The summed E-state index contributed by atoms with van der Waals surface area (Å²) in [5, 5.41) is 0. The van der Waals surface area contributed by atoms with Crippen molar-refractivity contribution in [3.63, 3.8) is 0 Å². The Morgan fingerprint density at radius 2 is 2.12 bits per heavy atom. The van der Waals surface area contributed by atoms with Crippen LogP contribution in [0.15, 0.2) is 24.3 Å². The number of halogens is 1. The van der Waals surface area contributed by atoms with Gasteiger partial charge in [-0.3, -0.25) is 0 Å². The van der Waals surface area contributed by atoms with Crippen molar-refractivity contribution in [2.75, 3.05) is 11.6 Å². The Labute approximate surface area is 108 Å². The van der Waals surface area contributed by atoms with E-state index in [9.17, 15) is 8.42 Å². The van der Waals surface area contributed by atoms with Crippen molar-refractivity contribution in [3.8, 4) is 0 Å². The Bertz CT molecular complexity index is 459. The number of nitrogens with one attached hydrogen (secondary N) is 1. The van der Waals surface area contributed by atoms with Crippen LogP contribution in [0.1, 0.15) is 18.1 Å². The average molecular weight is 276 g/mol. The molecular formula is C12H18ClNO2S. The molecule has 0 saturated carbocycles. The second kappa shape index (κ2) is 6.38. The summed E-state index contributed by atoms with van der Waals surface area (Å²) in [6.45, 7) is 4.13. The largest absolute Gasteiger partial charge is 0.212 e. The number of benzene rings is 1. The number of sulfonamides is 1. The Morgan fingerprint density at radius 1 is 1.41 bits per heavy atom. The van der Waals surface area contributed by atoms with Crippen molar-refractivity contribution in [1.82, 2.24) is 4.72 Å². The number of alkyl halides is 1. The summed E-state index contributed by atoms with van der Waals surface area (Å²) in [6, 6.07) is 7.77. The maximum absolute atomic E-state index is 11.7. The fourth-order valence-electron chi connectivity index (χ4n) is 1.49. The van der Waals surface area contributed by atoms with Crippen LogP contribution in [0.2, 0.25) is 0 Å². The van der Waals surface area contributed by atoms with E-state index < -0.39 is 10.0 Å². The Hall–Kier alpha value is -0.580. The van der Waals surface area contributed by atoms with Gasteiger partial charge in [-0.25, -0.2) is 13.1 Å². The molecule has 0 aliphatic carbocycles. The predicted octanol–water partition coefficient (Wildman–Crippen LogP) is 2.29. The molecule has 96 valence electrons. The van der Waals surface area contributed by atoms with Gasteiger partial charge in [0.25, 0.3) is 0 Å². The van der Waals surface area contributed by atoms with Crippen molar-refractivity contribution in [2.24, 2.45) is 5.92 Å². The molecule has 1 aromatic rings. The van der Waals surface area contributed by atoms with E-state index in [0.29, 0.717) is 12.4 Å². The first kappa shape index (κ1) is 14.5. The van der Waals surface area contributed by atoms with Gasteiger partial charge in [-0.15, -0.1) is 11.6 Å². The number of hydrogen-bond donors (Lipinski definition) is 1. The molecule has 0 heterocycles. The van der Waals surface area contributed by atoms with Gasteiger partial charge < -0.3 is 0 Å². The molecule has 1 atom stereocenters. The highest BCUT2D eigenvalue weighted by Gasteiger charge is 2.14. The first-order chi connectivity index (χ1) is 7.93. The van der Waals surface area contributed by atoms with E-state index in [1.54, 1.807) is 0 Å². The van der Waals surface area contributed by atoms with Crippen LogP contribution in [0, 0.1) is 12.8 Å². The van der Waals surface area contributed by atoms with Crippen LogP contribution in [-0.2, 0) is 16.6 Å². The standard InChI is InChI=1S/C12H18ClNO2S/c1-10-4-3-5-12(6-10)8-14-17(15,16)9-11(2)7-13/h3-6,11,14H,7-9H2,1-2H3. The average Bonchev–Trinajstić information content (AvgIpc) is 2.26. The van der Waals surface area contributed by atoms with Gasteiger partial charge in [-0.05, 0) is 18.4 Å². The molecular weight excluding hydrogens is 258 g/mol. The van der Waals surface area contributed by atoms with Gasteiger partial charge in [0.05, 0.1) is 5.75 Å². The van der Waals surface area contributed by atoms with Gasteiger partial charge in [0.2, 0.25) is 10.0 Å². The molecule has 17 heavy (non-hydrogen) atoms. The Morgan fingerprint density at radius 3 is 2.71 bits per heavy atom. The lowest BCUT2D eigenvalue weighted by Gasteiger charge is -2.10. The van der Waals surface area contributed by atoms with Crippen molar-refractivity contribution in [3.05, 3.63) is 35.4 Å². The third kappa shape index (κ3) is 5.52. The quantitative estimate of drug-likeness (QED) is 0.810. The van der Waals surface area contributed by atoms with Crippen LogP contribution in [-0.4, -0.2) is 20.1 Å². The van der Waals surface area contributed by atoms with Gasteiger partial charge in [0, 0.05) is 12.4 Å². The smallest absolute Gasteiger partial charge is 0.212 e. The number of aryl methyl sites for hydroxylation is 1. The van der Waals surface area contributed by atoms with E-state index in [4.69, 9.17) is 11.6 Å². The fourth-order valence-corrected chi connectivity index (χ4v) is 3.10. The van der Waals surface area contributed by atoms with E-state index in [0.717, 1.165) is 11.1 Å². The molecule has 0 aromatic heterocycles. The molecule has 0 bridgehead atoms. The van der Waals surface area contributed by atoms with Gasteiger partial charge in [-0.2, -0.15) is 0 Å². The molecule has 1 unspecified atom stereocenters. The van der Waals surface area contributed by atoms with Crippen LogP contribution in [0.25, 0.3) is 0 Å². The summed E-state index contributed by atoms with van der Waals surface area (Å²) >= 11 is 5.60. The molecule has 0 saturated heterocycles. The number of rotatable bonds is 6. The fraction of sp³-hybridized carbons (Fsp3) is 0.500. The lowest BCUT2D eigenvalue weighted by Crippen LogP contribution is -2.29. The van der Waals surface area contributed by atoms with E-state index >= 15 is 0 Å². The topological polar surface area (TPSA) is 46.2 Å². The predicted molar refractivity (Wildman–Crippen MR) is 71.7 cm³/mol. The molecule has 0 fully saturated rings. The zero-order chi connectivity index (χ0) is 12.9. The molecule has 1 aromatic carbocycles. The third-order valence-corrected chi connectivity index (χ3v) is 4.46. The highest BCUT2D eigenvalue weighted by Crippen LogP contribution is 2.06. The summed E-state index contributed by atoms with van der Waals surface area (Å²) in [7, 11) is -3.24.